The number of rotatable bonds is 1. The molecule has 0 amide bonds. The Morgan fingerprint density at radius 1 is 1.04 bits per heavy atom. The molecule has 120 valence electrons. The summed E-state index contributed by atoms with van der Waals surface area (Å²) in [6.07, 6.45) is 2.64. The smallest absolute Gasteiger partial charge is 0.177 e. The van der Waals surface area contributed by atoms with E-state index in [1.54, 1.807) is 0 Å². The lowest BCUT2D eigenvalue weighted by Gasteiger charge is -2.33. The zero-order chi connectivity index (χ0) is 16.2. The van der Waals surface area contributed by atoms with E-state index >= 15 is 0 Å². The van der Waals surface area contributed by atoms with Gasteiger partial charge in [-0.15, -0.1) is 0 Å². The molecule has 1 N–H and O–H groups in total. The molecule has 1 aromatic rings. The molecule has 0 bridgehead atoms. The molecule has 0 spiro atoms. The molecular formula is C17H16BrNO3S. The Kier molecular flexibility index (Phi) is 3.50. The Morgan fingerprint density at radius 3 is 2.52 bits per heavy atom. The maximum atomic E-state index is 12.6. The second kappa shape index (κ2) is 5.31. The SMILES string of the molecule is O=C1CCCC2=C1C(c1ccc(Br)cc1)C1=C(CCS1(=O)=O)N2. The zero-order valence-corrected chi connectivity index (χ0v) is 14.8. The first kappa shape index (κ1) is 15.1. The molecule has 1 unspecified atom stereocenters. The molecular weight excluding hydrogens is 378 g/mol. The van der Waals surface area contributed by atoms with Crippen molar-refractivity contribution in [3.05, 3.63) is 56.2 Å². The van der Waals surface area contributed by atoms with Crippen molar-refractivity contribution in [2.75, 3.05) is 5.75 Å². The van der Waals surface area contributed by atoms with Gasteiger partial charge in [0, 0.05) is 34.3 Å². The molecule has 2 aliphatic heterocycles. The van der Waals surface area contributed by atoms with Gasteiger partial charge in [0.15, 0.2) is 15.6 Å². The lowest BCUT2D eigenvalue weighted by atomic mass is 9.79. The molecule has 0 saturated carbocycles. The van der Waals surface area contributed by atoms with Crippen LogP contribution < -0.4 is 5.32 Å². The van der Waals surface area contributed by atoms with Crippen LogP contribution in [0.3, 0.4) is 0 Å². The number of sulfone groups is 1. The molecule has 4 nitrogen and oxygen atoms in total. The van der Waals surface area contributed by atoms with Crippen molar-refractivity contribution in [2.45, 2.75) is 31.6 Å². The first-order chi connectivity index (χ1) is 11.0. The van der Waals surface area contributed by atoms with E-state index in [0.29, 0.717) is 23.3 Å². The Labute approximate surface area is 143 Å². The van der Waals surface area contributed by atoms with Crippen LogP contribution in [-0.2, 0) is 14.6 Å². The van der Waals surface area contributed by atoms with Crippen molar-refractivity contribution in [3.63, 3.8) is 0 Å². The van der Waals surface area contributed by atoms with Crippen LogP contribution in [0.15, 0.2) is 50.6 Å². The summed E-state index contributed by atoms with van der Waals surface area (Å²) in [4.78, 5) is 13.0. The van der Waals surface area contributed by atoms with Crippen molar-refractivity contribution in [2.24, 2.45) is 0 Å². The standard InChI is InChI=1S/C17H16BrNO3S/c18-11-6-4-10(5-7-11)15-16-12(2-1-3-14(16)20)19-13-8-9-23(21,22)17(13)15/h4-7,15,19H,1-3,8-9H2. The van der Waals surface area contributed by atoms with Gasteiger partial charge in [0.05, 0.1) is 16.6 Å². The Morgan fingerprint density at radius 2 is 1.78 bits per heavy atom. The lowest BCUT2D eigenvalue weighted by Crippen LogP contribution is -2.32. The van der Waals surface area contributed by atoms with E-state index in [-0.39, 0.29) is 11.5 Å². The summed E-state index contributed by atoms with van der Waals surface area (Å²) in [5.41, 5.74) is 3.23. The van der Waals surface area contributed by atoms with E-state index < -0.39 is 15.8 Å². The third kappa shape index (κ3) is 2.39. The summed E-state index contributed by atoms with van der Waals surface area (Å²) in [6.45, 7) is 0. The molecule has 2 heterocycles. The number of carbonyl (C=O) groups excluding carboxylic acids is 1. The third-order valence-corrected chi connectivity index (χ3v) is 7.19. The topological polar surface area (TPSA) is 63.2 Å². The molecule has 1 aromatic carbocycles. The van der Waals surface area contributed by atoms with E-state index in [1.165, 1.54) is 0 Å². The lowest BCUT2D eigenvalue weighted by molar-refractivity contribution is -0.116. The van der Waals surface area contributed by atoms with E-state index in [2.05, 4.69) is 21.2 Å². The number of hydrogen-bond donors (Lipinski definition) is 1. The summed E-state index contributed by atoms with van der Waals surface area (Å²) < 4.78 is 26.1. The van der Waals surface area contributed by atoms with Crippen LogP contribution >= 0.6 is 15.9 Å². The maximum absolute atomic E-state index is 12.6. The van der Waals surface area contributed by atoms with E-state index in [0.717, 1.165) is 34.3 Å². The van der Waals surface area contributed by atoms with E-state index in [4.69, 9.17) is 0 Å². The highest BCUT2D eigenvalue weighted by molar-refractivity contribution is 9.10. The average molecular weight is 394 g/mol. The molecule has 23 heavy (non-hydrogen) atoms. The fraction of sp³-hybridized carbons (Fsp3) is 0.353. The van der Waals surface area contributed by atoms with Crippen molar-refractivity contribution in [1.29, 1.82) is 0 Å². The molecule has 1 aliphatic carbocycles. The Balaban J connectivity index is 1.94. The Bertz CT molecular complexity index is 866. The predicted molar refractivity (Wildman–Crippen MR) is 91.3 cm³/mol. The molecule has 4 rings (SSSR count). The van der Waals surface area contributed by atoms with Gasteiger partial charge in [-0.05, 0) is 30.5 Å². The monoisotopic (exact) mass is 393 g/mol. The number of carbonyl (C=O) groups is 1. The summed E-state index contributed by atoms with van der Waals surface area (Å²) in [7, 11) is -3.31. The van der Waals surface area contributed by atoms with E-state index in [9.17, 15) is 13.2 Å². The second-order valence-electron chi connectivity index (χ2n) is 6.19. The highest BCUT2D eigenvalue weighted by atomic mass is 79.9. The van der Waals surface area contributed by atoms with Gasteiger partial charge < -0.3 is 5.32 Å². The number of dihydropyridines is 1. The molecule has 0 radical (unpaired) electrons. The second-order valence-corrected chi connectivity index (χ2v) is 9.18. The van der Waals surface area contributed by atoms with Crippen LogP contribution in [0.5, 0.6) is 0 Å². The summed E-state index contributed by atoms with van der Waals surface area (Å²) in [5, 5.41) is 3.26. The van der Waals surface area contributed by atoms with Gasteiger partial charge in [-0.2, -0.15) is 0 Å². The number of halogens is 1. The van der Waals surface area contributed by atoms with Gasteiger partial charge in [0.2, 0.25) is 0 Å². The maximum Gasteiger partial charge on any atom is 0.177 e. The van der Waals surface area contributed by atoms with Crippen LogP contribution in [-0.4, -0.2) is 20.0 Å². The number of nitrogens with one attached hydrogen (secondary N) is 1. The number of benzene rings is 1. The summed E-state index contributed by atoms with van der Waals surface area (Å²) in [5.74, 6) is -0.248. The van der Waals surface area contributed by atoms with E-state index in [1.807, 2.05) is 24.3 Å². The van der Waals surface area contributed by atoms with Gasteiger partial charge >= 0.3 is 0 Å². The summed E-state index contributed by atoms with van der Waals surface area (Å²) in [6, 6.07) is 7.61. The van der Waals surface area contributed by atoms with Crippen LogP contribution in [0.4, 0.5) is 0 Å². The van der Waals surface area contributed by atoms with Gasteiger partial charge in [0.25, 0.3) is 0 Å². The first-order valence-electron chi connectivity index (χ1n) is 7.72. The van der Waals surface area contributed by atoms with Crippen LogP contribution in [0, 0.1) is 0 Å². The minimum atomic E-state index is -3.31. The Hall–Kier alpha value is -1.40. The zero-order valence-electron chi connectivity index (χ0n) is 12.4. The quantitative estimate of drug-likeness (QED) is 0.795. The highest BCUT2D eigenvalue weighted by Gasteiger charge is 2.44. The number of Topliss-reactive ketones (excluding diaryl/α,β-unsaturated/α-hetero) is 1. The molecule has 0 aromatic heterocycles. The summed E-state index contributed by atoms with van der Waals surface area (Å²) >= 11 is 3.41. The van der Waals surface area contributed by atoms with Crippen LogP contribution in [0.25, 0.3) is 0 Å². The molecule has 0 saturated heterocycles. The fourth-order valence-corrected chi connectivity index (χ4v) is 5.85. The first-order valence-corrected chi connectivity index (χ1v) is 10.2. The number of hydrogen-bond acceptors (Lipinski definition) is 4. The number of ketones is 1. The van der Waals surface area contributed by atoms with Crippen LogP contribution in [0.2, 0.25) is 0 Å². The van der Waals surface area contributed by atoms with Crippen molar-refractivity contribution in [3.8, 4) is 0 Å². The molecule has 6 heteroatoms. The molecule has 3 aliphatic rings. The molecule has 0 fully saturated rings. The molecule has 1 atom stereocenters. The van der Waals surface area contributed by atoms with Crippen molar-refractivity contribution in [1.82, 2.24) is 5.32 Å². The predicted octanol–water partition coefficient (Wildman–Crippen LogP) is 3.17. The van der Waals surface area contributed by atoms with Gasteiger partial charge in [0.1, 0.15) is 0 Å². The average Bonchev–Trinajstić information content (AvgIpc) is 2.82. The third-order valence-electron chi connectivity index (χ3n) is 4.77. The van der Waals surface area contributed by atoms with Crippen LogP contribution in [0.1, 0.15) is 37.2 Å². The minimum Gasteiger partial charge on any atom is -0.361 e. The van der Waals surface area contributed by atoms with Gasteiger partial charge in [-0.1, -0.05) is 28.1 Å². The largest absolute Gasteiger partial charge is 0.361 e. The van der Waals surface area contributed by atoms with Gasteiger partial charge in [-0.3, -0.25) is 4.79 Å². The normalized spacial score (nSPS) is 26.0. The highest BCUT2D eigenvalue weighted by Crippen LogP contribution is 2.47. The van der Waals surface area contributed by atoms with Crippen molar-refractivity contribution < 1.29 is 13.2 Å². The van der Waals surface area contributed by atoms with Crippen molar-refractivity contribution >= 4 is 31.6 Å². The number of allylic oxidation sites excluding steroid dienone is 4. The fourth-order valence-electron chi connectivity index (χ4n) is 3.75. The van der Waals surface area contributed by atoms with Gasteiger partial charge in [-0.25, -0.2) is 8.42 Å². The minimum absolute atomic E-state index is 0.0697.